The number of amides is 1. The molecule has 1 unspecified atom stereocenters. The first kappa shape index (κ1) is 17.7. The van der Waals surface area contributed by atoms with E-state index in [-0.39, 0.29) is 17.2 Å². The molecular weight excluding hydrogens is 242 g/mol. The van der Waals surface area contributed by atoms with Crippen molar-refractivity contribution in [2.45, 2.75) is 53.9 Å². The Kier molecular flexibility index (Phi) is 7.49. The topological polar surface area (TPSA) is 78.9 Å². The molecule has 0 aromatic carbocycles. The van der Waals surface area contributed by atoms with Gasteiger partial charge in [0.25, 0.3) is 0 Å². The van der Waals surface area contributed by atoms with E-state index in [9.17, 15) is 4.79 Å². The highest BCUT2D eigenvalue weighted by molar-refractivity contribution is 5.81. The molecule has 0 saturated heterocycles. The van der Waals surface area contributed by atoms with Crippen molar-refractivity contribution in [3.05, 3.63) is 0 Å². The third-order valence-electron chi connectivity index (χ3n) is 2.98. The van der Waals surface area contributed by atoms with Gasteiger partial charge < -0.3 is 15.8 Å². The van der Waals surface area contributed by atoms with Crippen molar-refractivity contribution in [1.29, 1.82) is 0 Å². The third-order valence-corrected chi connectivity index (χ3v) is 2.98. The van der Waals surface area contributed by atoms with Crippen LogP contribution in [0.4, 0.5) is 0 Å². The molecule has 0 radical (unpaired) electrons. The van der Waals surface area contributed by atoms with E-state index in [0.717, 1.165) is 6.42 Å². The van der Waals surface area contributed by atoms with Crippen molar-refractivity contribution in [2.75, 3.05) is 13.1 Å². The van der Waals surface area contributed by atoms with Gasteiger partial charge in [-0.25, -0.2) is 0 Å². The molecule has 1 atom stereocenters. The van der Waals surface area contributed by atoms with E-state index >= 15 is 0 Å². The summed E-state index contributed by atoms with van der Waals surface area (Å²) in [5.41, 5.74) is 5.66. The number of rotatable bonds is 7. The summed E-state index contributed by atoms with van der Waals surface area (Å²) in [6, 6.07) is 0. The zero-order valence-corrected chi connectivity index (χ0v) is 12.9. The monoisotopic (exact) mass is 271 g/mol. The normalized spacial score (nSPS) is 14.3. The Bertz CT molecular complexity index is 308. The zero-order chi connectivity index (χ0) is 15.1. The summed E-state index contributed by atoms with van der Waals surface area (Å²) in [4.78, 5) is 13.9. The van der Waals surface area contributed by atoms with Gasteiger partial charge in [0.15, 0.2) is 0 Å². The number of oxime groups is 1. The summed E-state index contributed by atoms with van der Waals surface area (Å²) in [7, 11) is 0. The molecule has 0 aliphatic carbocycles. The second-order valence-electron chi connectivity index (χ2n) is 6.39. The fourth-order valence-electron chi connectivity index (χ4n) is 2.30. The standard InChI is InChI=1S/C14H29N3O2/c1-6-17(8-7-12(15)16-19)13(18)9-11(2)10-14(3,4)5/h11,19H,6-10H2,1-5H3,(H2,15,16). The van der Waals surface area contributed by atoms with Gasteiger partial charge in [0.2, 0.25) is 5.91 Å². The minimum absolute atomic E-state index is 0.144. The molecule has 112 valence electrons. The molecule has 0 aliphatic rings. The molecule has 0 fully saturated rings. The molecule has 0 saturated carbocycles. The maximum Gasteiger partial charge on any atom is 0.222 e. The highest BCUT2D eigenvalue weighted by atomic mass is 16.4. The number of carbonyl (C=O) groups excluding carboxylic acids is 1. The molecule has 0 spiro atoms. The maximum absolute atomic E-state index is 12.2. The summed E-state index contributed by atoms with van der Waals surface area (Å²) in [6.07, 6.45) is 1.99. The van der Waals surface area contributed by atoms with E-state index in [1.807, 2.05) is 6.92 Å². The Labute approximate surface area is 116 Å². The van der Waals surface area contributed by atoms with Crippen molar-refractivity contribution >= 4 is 11.7 Å². The van der Waals surface area contributed by atoms with Crippen molar-refractivity contribution in [2.24, 2.45) is 22.2 Å². The fourth-order valence-corrected chi connectivity index (χ4v) is 2.30. The smallest absolute Gasteiger partial charge is 0.222 e. The summed E-state index contributed by atoms with van der Waals surface area (Å²) < 4.78 is 0. The second-order valence-corrected chi connectivity index (χ2v) is 6.39. The molecular formula is C14H29N3O2. The third kappa shape index (κ3) is 8.46. The van der Waals surface area contributed by atoms with Crippen molar-refractivity contribution in [3.8, 4) is 0 Å². The van der Waals surface area contributed by atoms with Gasteiger partial charge in [-0.05, 0) is 24.7 Å². The van der Waals surface area contributed by atoms with Crippen LogP contribution in [0, 0.1) is 11.3 Å². The molecule has 5 heteroatoms. The van der Waals surface area contributed by atoms with Crippen LogP contribution in [0.2, 0.25) is 0 Å². The van der Waals surface area contributed by atoms with Crippen LogP contribution < -0.4 is 5.73 Å². The van der Waals surface area contributed by atoms with E-state index < -0.39 is 0 Å². The molecule has 3 N–H and O–H groups in total. The zero-order valence-electron chi connectivity index (χ0n) is 12.9. The summed E-state index contributed by atoms with van der Waals surface area (Å²) >= 11 is 0. The maximum atomic E-state index is 12.2. The predicted octanol–water partition coefficient (Wildman–Crippen LogP) is 2.43. The first-order valence-corrected chi connectivity index (χ1v) is 6.93. The molecule has 19 heavy (non-hydrogen) atoms. The quantitative estimate of drug-likeness (QED) is 0.323. The van der Waals surface area contributed by atoms with Gasteiger partial charge in [-0.15, -0.1) is 0 Å². The Morgan fingerprint density at radius 3 is 2.42 bits per heavy atom. The van der Waals surface area contributed by atoms with E-state index in [0.29, 0.717) is 31.8 Å². The Hall–Kier alpha value is -1.26. The fraction of sp³-hybridized carbons (Fsp3) is 0.857. The average molecular weight is 271 g/mol. The van der Waals surface area contributed by atoms with Crippen LogP contribution in [0.3, 0.4) is 0 Å². The first-order chi connectivity index (χ1) is 8.69. The molecule has 5 nitrogen and oxygen atoms in total. The van der Waals surface area contributed by atoms with Crippen LogP contribution in [0.1, 0.15) is 53.9 Å². The van der Waals surface area contributed by atoms with Gasteiger partial charge >= 0.3 is 0 Å². The van der Waals surface area contributed by atoms with E-state index in [1.54, 1.807) is 4.90 Å². The average Bonchev–Trinajstić information content (AvgIpc) is 2.26. The van der Waals surface area contributed by atoms with Crippen molar-refractivity contribution in [3.63, 3.8) is 0 Å². The SMILES string of the molecule is CCN(CCC(N)=NO)C(=O)CC(C)CC(C)(C)C. The van der Waals surface area contributed by atoms with E-state index in [2.05, 4.69) is 32.9 Å². The Morgan fingerprint density at radius 2 is 2.00 bits per heavy atom. The Morgan fingerprint density at radius 1 is 1.42 bits per heavy atom. The lowest BCUT2D eigenvalue weighted by atomic mass is 9.84. The molecule has 0 aromatic rings. The summed E-state index contributed by atoms with van der Waals surface area (Å²) in [6.45, 7) is 11.8. The molecule has 0 bridgehead atoms. The van der Waals surface area contributed by atoms with E-state index in [4.69, 9.17) is 10.9 Å². The van der Waals surface area contributed by atoms with Crippen LogP contribution in [0.5, 0.6) is 0 Å². The lowest BCUT2D eigenvalue weighted by Crippen LogP contribution is -2.35. The van der Waals surface area contributed by atoms with Crippen LogP contribution in [0.25, 0.3) is 0 Å². The molecule has 0 aromatic heterocycles. The van der Waals surface area contributed by atoms with Gasteiger partial charge in [-0.3, -0.25) is 4.79 Å². The van der Waals surface area contributed by atoms with Gasteiger partial charge in [-0.2, -0.15) is 0 Å². The Balaban J connectivity index is 4.28. The van der Waals surface area contributed by atoms with Crippen LogP contribution in [0.15, 0.2) is 5.16 Å². The number of nitrogens with two attached hydrogens (primary N) is 1. The summed E-state index contributed by atoms with van der Waals surface area (Å²) in [5, 5.41) is 11.4. The van der Waals surface area contributed by atoms with Gasteiger partial charge in [0.1, 0.15) is 5.84 Å². The molecule has 1 amide bonds. The minimum Gasteiger partial charge on any atom is -0.409 e. The highest BCUT2D eigenvalue weighted by Crippen LogP contribution is 2.26. The second kappa shape index (κ2) is 8.02. The van der Waals surface area contributed by atoms with Crippen molar-refractivity contribution < 1.29 is 10.0 Å². The summed E-state index contributed by atoms with van der Waals surface area (Å²) in [5.74, 6) is 0.671. The number of hydrogen-bond donors (Lipinski definition) is 2. The van der Waals surface area contributed by atoms with Crippen molar-refractivity contribution in [1.82, 2.24) is 4.90 Å². The molecule has 0 rings (SSSR count). The van der Waals surface area contributed by atoms with Crippen LogP contribution in [-0.4, -0.2) is 34.9 Å². The molecule has 0 aliphatic heterocycles. The highest BCUT2D eigenvalue weighted by Gasteiger charge is 2.20. The van der Waals surface area contributed by atoms with Crippen LogP contribution >= 0.6 is 0 Å². The number of amidine groups is 1. The number of carbonyl (C=O) groups is 1. The van der Waals surface area contributed by atoms with Gasteiger partial charge in [0.05, 0.1) is 0 Å². The van der Waals surface area contributed by atoms with Crippen LogP contribution in [-0.2, 0) is 4.79 Å². The van der Waals surface area contributed by atoms with E-state index in [1.165, 1.54) is 0 Å². The first-order valence-electron chi connectivity index (χ1n) is 6.93. The van der Waals surface area contributed by atoms with Gasteiger partial charge in [0, 0.05) is 25.9 Å². The largest absolute Gasteiger partial charge is 0.409 e. The minimum atomic E-state index is 0.144. The number of hydrogen-bond acceptors (Lipinski definition) is 3. The lowest BCUT2D eigenvalue weighted by Gasteiger charge is -2.26. The predicted molar refractivity (Wildman–Crippen MR) is 78.1 cm³/mol. The molecule has 0 heterocycles. The number of nitrogens with zero attached hydrogens (tertiary/aromatic N) is 2. The van der Waals surface area contributed by atoms with Gasteiger partial charge in [-0.1, -0.05) is 32.9 Å². The lowest BCUT2D eigenvalue weighted by molar-refractivity contribution is -0.132.